The van der Waals surface area contributed by atoms with E-state index in [1.807, 2.05) is 11.0 Å². The number of hydrogen-bond acceptors (Lipinski definition) is 6. The Morgan fingerprint density at radius 3 is 2.75 bits per heavy atom. The molecule has 9 heteroatoms. The van der Waals surface area contributed by atoms with Gasteiger partial charge in [0.1, 0.15) is 24.5 Å². The first-order valence-electron chi connectivity index (χ1n) is 7.83. The van der Waals surface area contributed by atoms with Gasteiger partial charge in [-0.1, -0.05) is 0 Å². The number of rotatable bonds is 3. The summed E-state index contributed by atoms with van der Waals surface area (Å²) < 4.78 is 4.09. The van der Waals surface area contributed by atoms with Crippen LogP contribution in [0.25, 0.3) is 0 Å². The average Bonchev–Trinajstić information content (AvgIpc) is 3.10. The highest BCUT2D eigenvalue weighted by atomic mass is 16.2. The number of nitrogens with zero attached hydrogens (tertiary/aromatic N) is 7. The van der Waals surface area contributed by atoms with Gasteiger partial charge in [-0.2, -0.15) is 10.4 Å². The molecule has 0 N–H and O–H groups in total. The minimum absolute atomic E-state index is 0.00471. The molecule has 0 bridgehead atoms. The van der Waals surface area contributed by atoms with Crippen molar-refractivity contribution >= 4 is 5.82 Å². The van der Waals surface area contributed by atoms with Crippen molar-refractivity contribution in [3.05, 3.63) is 39.1 Å². The lowest BCUT2D eigenvalue weighted by Crippen LogP contribution is -2.48. The van der Waals surface area contributed by atoms with Crippen molar-refractivity contribution in [3.8, 4) is 6.07 Å². The van der Waals surface area contributed by atoms with E-state index in [1.54, 1.807) is 18.1 Å². The van der Waals surface area contributed by atoms with Crippen LogP contribution in [0.15, 0.2) is 22.2 Å². The fraction of sp³-hybridized carbons (Fsp3) is 0.533. The molecule has 2 aromatic heterocycles. The van der Waals surface area contributed by atoms with Gasteiger partial charge in [0.2, 0.25) is 0 Å². The number of hydrogen-bond donors (Lipinski definition) is 0. The summed E-state index contributed by atoms with van der Waals surface area (Å²) in [7, 11) is 2.98. The normalized spacial score (nSPS) is 17.7. The van der Waals surface area contributed by atoms with Crippen LogP contribution in [0.3, 0.4) is 0 Å². The van der Waals surface area contributed by atoms with Gasteiger partial charge in [-0.15, -0.1) is 0 Å². The Balaban J connectivity index is 2.10. The third kappa shape index (κ3) is 2.60. The van der Waals surface area contributed by atoms with Crippen LogP contribution in [0, 0.1) is 11.3 Å². The zero-order valence-electron chi connectivity index (χ0n) is 13.7. The van der Waals surface area contributed by atoms with E-state index < -0.39 is 11.2 Å². The molecule has 0 aliphatic carbocycles. The molecule has 0 aromatic carbocycles. The van der Waals surface area contributed by atoms with Gasteiger partial charge in [-0.25, -0.2) is 9.78 Å². The topological polar surface area (TPSA) is 102 Å². The van der Waals surface area contributed by atoms with Crippen LogP contribution in [0.5, 0.6) is 0 Å². The van der Waals surface area contributed by atoms with Gasteiger partial charge in [0.25, 0.3) is 5.56 Å². The second-order valence-corrected chi connectivity index (χ2v) is 5.98. The molecule has 1 atom stereocenters. The van der Waals surface area contributed by atoms with Crippen LogP contribution < -0.4 is 16.1 Å². The lowest BCUT2D eigenvalue weighted by molar-refractivity contribution is 0.391. The van der Waals surface area contributed by atoms with Crippen molar-refractivity contribution in [2.45, 2.75) is 31.8 Å². The predicted octanol–water partition coefficient (Wildman–Crippen LogP) is -0.394. The zero-order valence-corrected chi connectivity index (χ0v) is 13.7. The van der Waals surface area contributed by atoms with E-state index in [0.29, 0.717) is 18.9 Å². The Kier molecular flexibility index (Phi) is 4.20. The van der Waals surface area contributed by atoms with E-state index in [9.17, 15) is 14.9 Å². The van der Waals surface area contributed by atoms with E-state index in [0.717, 1.165) is 23.8 Å². The molecule has 1 aliphatic heterocycles. The van der Waals surface area contributed by atoms with Gasteiger partial charge in [0.15, 0.2) is 5.56 Å². The highest BCUT2D eigenvalue weighted by Gasteiger charge is 2.29. The molecule has 0 amide bonds. The van der Waals surface area contributed by atoms with Crippen LogP contribution in [0.2, 0.25) is 0 Å². The maximum absolute atomic E-state index is 12.3. The second kappa shape index (κ2) is 6.31. The van der Waals surface area contributed by atoms with Gasteiger partial charge in [-0.05, 0) is 19.3 Å². The van der Waals surface area contributed by atoms with Crippen molar-refractivity contribution < 1.29 is 0 Å². The van der Waals surface area contributed by atoms with Crippen LogP contribution in [0.4, 0.5) is 5.82 Å². The molecule has 1 fully saturated rings. The third-order valence-corrected chi connectivity index (χ3v) is 4.51. The predicted molar refractivity (Wildman–Crippen MR) is 86.6 cm³/mol. The SMILES string of the molecule is Cn1c(N2CCCC[C@H]2Cn2cncn2)c(C#N)c(=O)n(C)c1=O. The Bertz CT molecular complexity index is 888. The molecule has 2 aromatic rings. The van der Waals surface area contributed by atoms with Crippen molar-refractivity contribution in [1.29, 1.82) is 5.26 Å². The smallest absolute Gasteiger partial charge is 0.332 e. The van der Waals surface area contributed by atoms with Crippen molar-refractivity contribution in [2.75, 3.05) is 11.4 Å². The molecule has 24 heavy (non-hydrogen) atoms. The van der Waals surface area contributed by atoms with Crippen LogP contribution in [-0.4, -0.2) is 36.5 Å². The van der Waals surface area contributed by atoms with Crippen LogP contribution in [-0.2, 0) is 20.6 Å². The Hall–Kier alpha value is -2.89. The first-order valence-corrected chi connectivity index (χ1v) is 7.83. The van der Waals surface area contributed by atoms with E-state index in [1.165, 1.54) is 17.9 Å². The molecule has 3 heterocycles. The van der Waals surface area contributed by atoms with Gasteiger partial charge in [-0.3, -0.25) is 18.6 Å². The maximum Gasteiger partial charge on any atom is 0.332 e. The summed E-state index contributed by atoms with van der Waals surface area (Å²) in [5.41, 5.74) is -0.982. The molecule has 1 aliphatic rings. The summed E-state index contributed by atoms with van der Waals surface area (Å²) in [5.74, 6) is 0.399. The van der Waals surface area contributed by atoms with Crippen molar-refractivity contribution in [2.24, 2.45) is 14.1 Å². The molecule has 1 saturated heterocycles. The lowest BCUT2D eigenvalue weighted by Gasteiger charge is -2.38. The standard InChI is InChI=1S/C15H19N7O2/c1-19-13(12(7-16)14(23)20(2)15(19)24)22-6-4-3-5-11(22)8-21-10-17-9-18-21/h9-11H,3-6,8H2,1-2H3/t11-/m0/s1. The molecule has 126 valence electrons. The fourth-order valence-electron chi connectivity index (χ4n) is 3.28. The van der Waals surface area contributed by atoms with E-state index in [2.05, 4.69) is 10.1 Å². The number of piperidine rings is 1. The number of aromatic nitrogens is 5. The summed E-state index contributed by atoms with van der Waals surface area (Å²) in [6, 6.07) is 2.03. The Morgan fingerprint density at radius 2 is 2.08 bits per heavy atom. The molecule has 0 unspecified atom stereocenters. The summed E-state index contributed by atoms with van der Waals surface area (Å²) in [6.07, 6.45) is 6.01. The minimum atomic E-state index is -0.555. The fourth-order valence-corrected chi connectivity index (χ4v) is 3.28. The number of nitriles is 1. The zero-order chi connectivity index (χ0) is 17.3. The average molecular weight is 329 g/mol. The molecule has 3 rings (SSSR count). The van der Waals surface area contributed by atoms with Gasteiger partial charge in [0, 0.05) is 20.6 Å². The Labute approximate surface area is 138 Å². The molecule has 9 nitrogen and oxygen atoms in total. The van der Waals surface area contributed by atoms with Gasteiger partial charge >= 0.3 is 5.69 Å². The summed E-state index contributed by atoms with van der Waals surface area (Å²) in [4.78, 5) is 30.6. The maximum atomic E-state index is 12.3. The summed E-state index contributed by atoms with van der Waals surface area (Å²) in [5, 5.41) is 13.6. The second-order valence-electron chi connectivity index (χ2n) is 5.98. The molecular weight excluding hydrogens is 310 g/mol. The summed E-state index contributed by atoms with van der Waals surface area (Å²) in [6.45, 7) is 1.28. The monoisotopic (exact) mass is 329 g/mol. The molecule has 0 radical (unpaired) electrons. The number of anilines is 1. The van der Waals surface area contributed by atoms with Crippen molar-refractivity contribution in [1.82, 2.24) is 23.9 Å². The van der Waals surface area contributed by atoms with Gasteiger partial charge < -0.3 is 4.90 Å². The molecular formula is C15H19N7O2. The minimum Gasteiger partial charge on any atom is -0.352 e. The summed E-state index contributed by atoms with van der Waals surface area (Å²) >= 11 is 0. The van der Waals surface area contributed by atoms with E-state index in [-0.39, 0.29) is 11.6 Å². The Morgan fingerprint density at radius 1 is 1.29 bits per heavy atom. The first kappa shape index (κ1) is 16.0. The van der Waals surface area contributed by atoms with Crippen molar-refractivity contribution in [3.63, 3.8) is 0 Å². The largest absolute Gasteiger partial charge is 0.352 e. The van der Waals surface area contributed by atoms with Gasteiger partial charge in [0.05, 0.1) is 12.6 Å². The highest BCUT2D eigenvalue weighted by molar-refractivity contribution is 5.54. The molecule has 0 saturated carbocycles. The van der Waals surface area contributed by atoms with E-state index in [4.69, 9.17) is 0 Å². The molecule has 0 spiro atoms. The lowest BCUT2D eigenvalue weighted by atomic mass is 10.0. The van der Waals surface area contributed by atoms with Crippen LogP contribution >= 0.6 is 0 Å². The highest BCUT2D eigenvalue weighted by Crippen LogP contribution is 2.26. The quantitative estimate of drug-likeness (QED) is 0.760. The third-order valence-electron chi connectivity index (χ3n) is 4.51. The van der Waals surface area contributed by atoms with E-state index >= 15 is 0 Å². The van der Waals surface area contributed by atoms with Crippen LogP contribution in [0.1, 0.15) is 24.8 Å². The first-order chi connectivity index (χ1) is 11.5.